The summed E-state index contributed by atoms with van der Waals surface area (Å²) in [4.78, 5) is 12.2. The van der Waals surface area contributed by atoms with Crippen LogP contribution in [-0.4, -0.2) is 28.6 Å². The van der Waals surface area contributed by atoms with E-state index in [-0.39, 0.29) is 17.7 Å². The number of hydrogen-bond donors (Lipinski definition) is 2. The molecule has 1 fully saturated rings. The van der Waals surface area contributed by atoms with Crippen LogP contribution in [0, 0.1) is 3.57 Å². The van der Waals surface area contributed by atoms with E-state index in [9.17, 15) is 9.90 Å². The largest absolute Gasteiger partial charge is 0.507 e. The summed E-state index contributed by atoms with van der Waals surface area (Å²) in [5.41, 5.74) is 0.374. The van der Waals surface area contributed by atoms with Crippen molar-refractivity contribution >= 4 is 40.3 Å². The number of hydrogen-bond acceptors (Lipinski definition) is 3. The van der Waals surface area contributed by atoms with Gasteiger partial charge < -0.3 is 10.4 Å². The Morgan fingerprint density at radius 1 is 1.37 bits per heavy atom. The second-order valence-electron chi connectivity index (χ2n) is 4.84. The van der Waals surface area contributed by atoms with Gasteiger partial charge in [-0.15, -0.1) is 0 Å². The molecule has 0 radical (unpaired) electrons. The fraction of sp³-hybridized carbons (Fsp3) is 0.500. The summed E-state index contributed by atoms with van der Waals surface area (Å²) in [6, 6.07) is 5.32. The van der Waals surface area contributed by atoms with Gasteiger partial charge in [0.05, 0.1) is 5.56 Å². The van der Waals surface area contributed by atoms with E-state index < -0.39 is 0 Å². The third-order valence-corrected chi connectivity index (χ3v) is 5.36. The van der Waals surface area contributed by atoms with Crippen LogP contribution >= 0.6 is 34.4 Å². The highest BCUT2D eigenvalue weighted by Gasteiger charge is 2.23. The molecule has 1 saturated carbocycles. The van der Waals surface area contributed by atoms with Crippen LogP contribution in [0.5, 0.6) is 5.75 Å². The number of carbonyl (C=O) groups is 1. The summed E-state index contributed by atoms with van der Waals surface area (Å²) < 4.78 is 0.951. The van der Waals surface area contributed by atoms with E-state index in [2.05, 4.69) is 34.2 Å². The van der Waals surface area contributed by atoms with E-state index in [0.29, 0.717) is 5.56 Å². The molecular formula is C14H18INO2S. The lowest BCUT2D eigenvalue weighted by atomic mass is 9.94. The van der Waals surface area contributed by atoms with Crippen molar-refractivity contribution in [2.24, 2.45) is 0 Å². The van der Waals surface area contributed by atoms with Crippen molar-refractivity contribution in [2.75, 3.05) is 6.26 Å². The van der Waals surface area contributed by atoms with Crippen LogP contribution in [0.15, 0.2) is 18.2 Å². The number of nitrogens with one attached hydrogen (secondary N) is 1. The summed E-state index contributed by atoms with van der Waals surface area (Å²) in [6.45, 7) is 0. The Kier molecular flexibility index (Phi) is 5.38. The van der Waals surface area contributed by atoms with Crippen LogP contribution in [0.1, 0.15) is 36.0 Å². The molecule has 1 aliphatic carbocycles. The summed E-state index contributed by atoms with van der Waals surface area (Å²) in [6.07, 6.45) is 6.52. The van der Waals surface area contributed by atoms with Gasteiger partial charge in [-0.3, -0.25) is 4.79 Å². The van der Waals surface area contributed by atoms with Gasteiger partial charge >= 0.3 is 0 Å². The molecule has 19 heavy (non-hydrogen) atoms. The third kappa shape index (κ3) is 4.02. The zero-order valence-corrected chi connectivity index (χ0v) is 13.8. The first-order valence-electron chi connectivity index (χ1n) is 6.42. The number of halogens is 1. The quantitative estimate of drug-likeness (QED) is 0.777. The van der Waals surface area contributed by atoms with E-state index >= 15 is 0 Å². The van der Waals surface area contributed by atoms with Crippen molar-refractivity contribution in [1.82, 2.24) is 5.32 Å². The Labute approximate surface area is 131 Å². The number of thioether (sulfide) groups is 1. The lowest BCUT2D eigenvalue weighted by Crippen LogP contribution is -2.38. The number of benzene rings is 1. The molecule has 0 saturated heterocycles. The monoisotopic (exact) mass is 391 g/mol. The number of phenols is 1. The fourth-order valence-corrected chi connectivity index (χ4v) is 3.63. The van der Waals surface area contributed by atoms with E-state index in [1.807, 2.05) is 11.8 Å². The van der Waals surface area contributed by atoms with Crippen LogP contribution in [-0.2, 0) is 0 Å². The first-order valence-corrected chi connectivity index (χ1v) is 8.79. The summed E-state index contributed by atoms with van der Waals surface area (Å²) in [7, 11) is 0. The molecule has 0 spiro atoms. The molecule has 0 bridgehead atoms. The highest BCUT2D eigenvalue weighted by Crippen LogP contribution is 2.27. The lowest BCUT2D eigenvalue weighted by molar-refractivity contribution is 0.0925. The number of phenolic OH excluding ortho intramolecular Hbond substituents is 1. The highest BCUT2D eigenvalue weighted by atomic mass is 127. The second kappa shape index (κ2) is 6.83. The van der Waals surface area contributed by atoms with Crippen molar-refractivity contribution in [2.45, 2.75) is 37.0 Å². The Balaban J connectivity index is 1.96. The maximum Gasteiger partial charge on any atom is 0.255 e. The summed E-state index contributed by atoms with van der Waals surface area (Å²) >= 11 is 4.05. The van der Waals surface area contributed by atoms with Gasteiger partial charge in [0, 0.05) is 14.9 Å². The summed E-state index contributed by atoms with van der Waals surface area (Å²) in [5.74, 6) is -0.112. The van der Waals surface area contributed by atoms with Crippen LogP contribution in [0.2, 0.25) is 0 Å². The molecule has 3 nitrogen and oxygen atoms in total. The Morgan fingerprint density at radius 2 is 2.05 bits per heavy atom. The molecule has 5 heteroatoms. The van der Waals surface area contributed by atoms with Crippen molar-refractivity contribution in [3.8, 4) is 5.75 Å². The topological polar surface area (TPSA) is 49.3 Å². The predicted molar refractivity (Wildman–Crippen MR) is 87.8 cm³/mol. The van der Waals surface area contributed by atoms with Gasteiger partial charge in [-0.25, -0.2) is 0 Å². The van der Waals surface area contributed by atoms with Crippen molar-refractivity contribution < 1.29 is 9.90 Å². The number of carbonyl (C=O) groups excluding carboxylic acids is 1. The second-order valence-corrected chi connectivity index (χ2v) is 7.23. The van der Waals surface area contributed by atoms with E-state index in [1.54, 1.807) is 18.2 Å². The molecule has 2 N–H and O–H groups in total. The standard InChI is InChI=1S/C14H18INO2S/c1-19-11-5-3-10(4-6-11)16-14(18)12-8-9(15)2-7-13(12)17/h2,7-8,10-11,17H,3-6H2,1H3,(H,16,18). The zero-order chi connectivity index (χ0) is 13.8. The minimum Gasteiger partial charge on any atom is -0.507 e. The molecule has 1 aromatic carbocycles. The van der Waals surface area contributed by atoms with Crippen LogP contribution in [0.3, 0.4) is 0 Å². The van der Waals surface area contributed by atoms with Gasteiger partial charge in [0.2, 0.25) is 0 Å². The maximum absolute atomic E-state index is 12.2. The number of amides is 1. The normalized spacial score (nSPS) is 23.1. The molecule has 104 valence electrons. The Hall–Kier alpha value is -0.430. The average molecular weight is 391 g/mol. The molecule has 0 aromatic heterocycles. The summed E-state index contributed by atoms with van der Waals surface area (Å²) in [5, 5.41) is 13.5. The van der Waals surface area contributed by atoms with E-state index in [1.165, 1.54) is 0 Å². The first-order chi connectivity index (χ1) is 9.10. The van der Waals surface area contributed by atoms with Gasteiger partial charge in [0.1, 0.15) is 5.75 Å². The molecule has 0 aliphatic heterocycles. The number of rotatable bonds is 3. The SMILES string of the molecule is CSC1CCC(NC(=O)c2cc(I)ccc2O)CC1. The minimum absolute atomic E-state index is 0.0516. The van der Waals surface area contributed by atoms with Gasteiger partial charge in [0.25, 0.3) is 5.91 Å². The number of aromatic hydroxyl groups is 1. The van der Waals surface area contributed by atoms with Gasteiger partial charge in [0.15, 0.2) is 0 Å². The first kappa shape index (κ1) is 15.0. The highest BCUT2D eigenvalue weighted by molar-refractivity contribution is 14.1. The van der Waals surface area contributed by atoms with Gasteiger partial charge in [-0.05, 0) is 72.7 Å². The smallest absolute Gasteiger partial charge is 0.255 e. The molecule has 1 aliphatic rings. The molecule has 2 rings (SSSR count). The van der Waals surface area contributed by atoms with Crippen molar-refractivity contribution in [3.63, 3.8) is 0 Å². The lowest BCUT2D eigenvalue weighted by Gasteiger charge is -2.28. The van der Waals surface area contributed by atoms with Crippen LogP contribution in [0.25, 0.3) is 0 Å². The van der Waals surface area contributed by atoms with Crippen molar-refractivity contribution in [1.29, 1.82) is 0 Å². The molecule has 1 amide bonds. The predicted octanol–water partition coefficient (Wildman–Crippen LogP) is 3.40. The molecular weight excluding hydrogens is 373 g/mol. The minimum atomic E-state index is -0.163. The van der Waals surface area contributed by atoms with Crippen LogP contribution in [0.4, 0.5) is 0 Å². The van der Waals surface area contributed by atoms with Crippen molar-refractivity contribution in [3.05, 3.63) is 27.3 Å². The Morgan fingerprint density at radius 3 is 2.68 bits per heavy atom. The molecule has 0 heterocycles. The third-order valence-electron chi connectivity index (χ3n) is 3.55. The maximum atomic E-state index is 12.2. The Bertz CT molecular complexity index is 459. The van der Waals surface area contributed by atoms with Gasteiger partial charge in [-0.1, -0.05) is 0 Å². The van der Waals surface area contributed by atoms with E-state index in [4.69, 9.17) is 0 Å². The average Bonchev–Trinajstić information content (AvgIpc) is 2.42. The van der Waals surface area contributed by atoms with Gasteiger partial charge in [-0.2, -0.15) is 11.8 Å². The van der Waals surface area contributed by atoms with Crippen LogP contribution < -0.4 is 5.32 Å². The molecule has 0 unspecified atom stereocenters. The molecule has 0 atom stereocenters. The zero-order valence-electron chi connectivity index (χ0n) is 10.9. The van der Waals surface area contributed by atoms with E-state index in [0.717, 1.165) is 34.5 Å². The molecule has 1 aromatic rings. The fourth-order valence-electron chi connectivity index (χ4n) is 2.40.